The van der Waals surface area contributed by atoms with Crippen LogP contribution >= 0.6 is 0 Å². The van der Waals surface area contributed by atoms with Crippen LogP contribution in [0.4, 0.5) is 0 Å². The lowest BCUT2D eigenvalue weighted by Crippen LogP contribution is -2.20. The smallest absolute Gasteiger partial charge is 0.119 e. The van der Waals surface area contributed by atoms with Crippen LogP contribution in [0.5, 0.6) is 0 Å². The second-order valence-electron chi connectivity index (χ2n) is 5.51. The maximum Gasteiger partial charge on any atom is 0.119 e. The molecule has 3 rings (SSSR count). The first-order valence-corrected chi connectivity index (χ1v) is 7.05. The third-order valence-corrected chi connectivity index (χ3v) is 3.87. The summed E-state index contributed by atoms with van der Waals surface area (Å²) < 4.78 is 0. The van der Waals surface area contributed by atoms with E-state index < -0.39 is 11.2 Å². The Morgan fingerprint density at radius 1 is 0.667 bits per heavy atom. The van der Waals surface area contributed by atoms with E-state index in [1.807, 2.05) is 72.8 Å². The van der Waals surface area contributed by atoms with Crippen LogP contribution in [-0.2, 0) is 0 Å². The molecule has 106 valence electrons. The minimum absolute atomic E-state index is 0.326. The Morgan fingerprint density at radius 2 is 1.05 bits per heavy atom. The highest BCUT2D eigenvalue weighted by Gasteiger charge is 2.63. The molecule has 0 bridgehead atoms. The summed E-state index contributed by atoms with van der Waals surface area (Å²) in [5.74, 6) is 0. The average Bonchev–Trinajstić information content (AvgIpc) is 3.08. The van der Waals surface area contributed by atoms with E-state index in [0.717, 1.165) is 11.1 Å². The lowest BCUT2D eigenvalue weighted by atomic mass is 10.1. The third-order valence-electron chi connectivity index (χ3n) is 3.87. The predicted octanol–water partition coefficient (Wildman–Crippen LogP) is 3.28. The topological polar surface area (TPSA) is 40.5 Å². The van der Waals surface area contributed by atoms with Crippen molar-refractivity contribution in [3.8, 4) is 0 Å². The summed E-state index contributed by atoms with van der Waals surface area (Å²) >= 11 is 0. The molecule has 0 heterocycles. The molecule has 2 N–H and O–H groups in total. The van der Waals surface area contributed by atoms with Gasteiger partial charge in [-0.1, -0.05) is 72.8 Å². The normalized spacial score (nSPS) is 28.3. The number of aliphatic hydroxyl groups is 2. The molecule has 1 fully saturated rings. The second-order valence-corrected chi connectivity index (χ2v) is 5.51. The standard InChI is InChI=1S/C19H18O2/c20-18(13-11-16-7-3-1-4-8-16)15-19(18,21)14-12-17-9-5-2-6-10-17/h1-14,20-21H,15H2/b13-11+,14-12+. The van der Waals surface area contributed by atoms with Crippen LogP contribution < -0.4 is 0 Å². The van der Waals surface area contributed by atoms with Crippen LogP contribution in [0.1, 0.15) is 17.5 Å². The van der Waals surface area contributed by atoms with Crippen molar-refractivity contribution in [2.24, 2.45) is 0 Å². The summed E-state index contributed by atoms with van der Waals surface area (Å²) in [7, 11) is 0. The fraction of sp³-hybridized carbons (Fsp3) is 0.158. The van der Waals surface area contributed by atoms with E-state index >= 15 is 0 Å². The van der Waals surface area contributed by atoms with Gasteiger partial charge in [0.1, 0.15) is 11.2 Å². The van der Waals surface area contributed by atoms with Gasteiger partial charge in [0, 0.05) is 6.42 Å². The van der Waals surface area contributed by atoms with Gasteiger partial charge >= 0.3 is 0 Å². The van der Waals surface area contributed by atoms with Gasteiger partial charge in [-0.15, -0.1) is 0 Å². The molecule has 2 nitrogen and oxygen atoms in total. The van der Waals surface area contributed by atoms with Gasteiger partial charge in [-0.3, -0.25) is 0 Å². The molecule has 0 aliphatic heterocycles. The zero-order chi connectivity index (χ0) is 14.8. The molecule has 1 saturated carbocycles. The first-order chi connectivity index (χ1) is 10.1. The molecule has 2 heteroatoms. The number of hydrogen-bond donors (Lipinski definition) is 2. The summed E-state index contributed by atoms with van der Waals surface area (Å²) in [4.78, 5) is 0. The van der Waals surface area contributed by atoms with Crippen molar-refractivity contribution in [2.75, 3.05) is 0 Å². The highest BCUT2D eigenvalue weighted by Crippen LogP contribution is 2.50. The average molecular weight is 278 g/mol. The van der Waals surface area contributed by atoms with Crippen LogP contribution in [0.2, 0.25) is 0 Å². The number of benzene rings is 2. The van der Waals surface area contributed by atoms with Gasteiger partial charge in [0.15, 0.2) is 0 Å². The molecular weight excluding hydrogens is 260 g/mol. The van der Waals surface area contributed by atoms with Crippen molar-refractivity contribution in [3.63, 3.8) is 0 Å². The van der Waals surface area contributed by atoms with Crippen molar-refractivity contribution in [1.29, 1.82) is 0 Å². The van der Waals surface area contributed by atoms with Crippen molar-refractivity contribution < 1.29 is 10.2 Å². The first kappa shape index (κ1) is 13.8. The molecule has 21 heavy (non-hydrogen) atoms. The van der Waals surface area contributed by atoms with E-state index in [9.17, 15) is 10.2 Å². The largest absolute Gasteiger partial charge is 0.382 e. The first-order valence-electron chi connectivity index (χ1n) is 7.05. The fourth-order valence-corrected chi connectivity index (χ4v) is 2.37. The van der Waals surface area contributed by atoms with Crippen LogP contribution in [0.25, 0.3) is 12.2 Å². The Hall–Kier alpha value is -2.16. The summed E-state index contributed by atoms with van der Waals surface area (Å²) in [5.41, 5.74) is -0.332. The van der Waals surface area contributed by atoms with Gasteiger partial charge in [-0.25, -0.2) is 0 Å². The molecule has 1 aliphatic carbocycles. The maximum atomic E-state index is 10.4. The van der Waals surface area contributed by atoms with E-state index in [0.29, 0.717) is 6.42 Å². The zero-order valence-electron chi connectivity index (χ0n) is 11.7. The summed E-state index contributed by atoms with van der Waals surface area (Å²) in [6.07, 6.45) is 7.37. The minimum atomic E-state index is -1.17. The van der Waals surface area contributed by atoms with Gasteiger partial charge in [0.25, 0.3) is 0 Å². The molecule has 2 unspecified atom stereocenters. The van der Waals surface area contributed by atoms with Gasteiger partial charge in [0.2, 0.25) is 0 Å². The molecule has 2 atom stereocenters. The second kappa shape index (κ2) is 5.32. The van der Waals surface area contributed by atoms with Crippen LogP contribution in [-0.4, -0.2) is 21.4 Å². The molecule has 0 spiro atoms. The van der Waals surface area contributed by atoms with Crippen molar-refractivity contribution in [2.45, 2.75) is 17.6 Å². The van der Waals surface area contributed by atoms with E-state index in [1.165, 1.54) is 0 Å². The lowest BCUT2D eigenvalue weighted by molar-refractivity contribution is 0.0818. The summed E-state index contributed by atoms with van der Waals surface area (Å²) in [6, 6.07) is 19.5. The van der Waals surface area contributed by atoms with E-state index in [-0.39, 0.29) is 0 Å². The van der Waals surface area contributed by atoms with Gasteiger partial charge in [-0.2, -0.15) is 0 Å². The molecule has 0 amide bonds. The zero-order valence-corrected chi connectivity index (χ0v) is 11.7. The lowest BCUT2D eigenvalue weighted by Gasteiger charge is -2.09. The monoisotopic (exact) mass is 278 g/mol. The van der Waals surface area contributed by atoms with Crippen LogP contribution in [0.15, 0.2) is 72.8 Å². The van der Waals surface area contributed by atoms with Crippen molar-refractivity contribution in [1.82, 2.24) is 0 Å². The number of rotatable bonds is 4. The Labute approximate surface area is 124 Å². The quantitative estimate of drug-likeness (QED) is 0.901. The van der Waals surface area contributed by atoms with E-state index in [4.69, 9.17) is 0 Å². The molecule has 2 aromatic rings. The Balaban J connectivity index is 1.71. The summed E-state index contributed by atoms with van der Waals surface area (Å²) in [5, 5.41) is 20.8. The van der Waals surface area contributed by atoms with E-state index in [1.54, 1.807) is 12.2 Å². The SMILES string of the molecule is OC1(/C=C/c2ccccc2)CC1(O)/C=C/c1ccccc1. The van der Waals surface area contributed by atoms with Gasteiger partial charge in [0.05, 0.1) is 0 Å². The molecule has 2 aromatic carbocycles. The highest BCUT2D eigenvalue weighted by atomic mass is 16.4. The fourth-order valence-electron chi connectivity index (χ4n) is 2.37. The molecule has 1 aliphatic rings. The molecule has 0 radical (unpaired) electrons. The predicted molar refractivity (Wildman–Crippen MR) is 85.5 cm³/mol. The van der Waals surface area contributed by atoms with Gasteiger partial charge < -0.3 is 10.2 Å². The van der Waals surface area contributed by atoms with Crippen LogP contribution in [0, 0.1) is 0 Å². The Bertz CT molecular complexity index is 601. The molecule has 0 saturated heterocycles. The van der Waals surface area contributed by atoms with E-state index in [2.05, 4.69) is 0 Å². The Morgan fingerprint density at radius 3 is 1.43 bits per heavy atom. The van der Waals surface area contributed by atoms with Crippen molar-refractivity contribution in [3.05, 3.63) is 83.9 Å². The van der Waals surface area contributed by atoms with Crippen LogP contribution in [0.3, 0.4) is 0 Å². The highest BCUT2D eigenvalue weighted by molar-refractivity contribution is 5.57. The number of hydrogen-bond acceptors (Lipinski definition) is 2. The molecular formula is C19H18O2. The van der Waals surface area contributed by atoms with Gasteiger partial charge in [-0.05, 0) is 23.3 Å². The third kappa shape index (κ3) is 2.97. The van der Waals surface area contributed by atoms with Crippen molar-refractivity contribution >= 4 is 12.2 Å². The Kier molecular flexibility index (Phi) is 3.50. The molecule has 0 aromatic heterocycles. The maximum absolute atomic E-state index is 10.4. The minimum Gasteiger partial charge on any atom is -0.382 e. The summed E-state index contributed by atoms with van der Waals surface area (Å²) in [6.45, 7) is 0.